The molecule has 0 saturated heterocycles. The molecule has 1 atom stereocenters. The van der Waals surface area contributed by atoms with Crippen LogP contribution in [0.1, 0.15) is 24.1 Å². The molecule has 0 bridgehead atoms. The van der Waals surface area contributed by atoms with Gasteiger partial charge in [-0.25, -0.2) is 4.79 Å². The van der Waals surface area contributed by atoms with E-state index in [2.05, 4.69) is 16.0 Å². The molecule has 1 aliphatic heterocycles. The number of amides is 3. The maximum absolute atomic E-state index is 13.2. The normalized spacial score (nSPS) is 17.0. The van der Waals surface area contributed by atoms with Crippen molar-refractivity contribution in [2.45, 2.75) is 19.1 Å². The van der Waals surface area contributed by atoms with E-state index in [4.69, 9.17) is 11.6 Å². The summed E-state index contributed by atoms with van der Waals surface area (Å²) >= 11 is 5.88. The van der Waals surface area contributed by atoms with Crippen LogP contribution < -0.4 is 16.0 Å². The Morgan fingerprint density at radius 3 is 2.39 bits per heavy atom. The van der Waals surface area contributed by atoms with Crippen molar-refractivity contribution >= 4 is 29.2 Å². The Balaban J connectivity index is 1.98. The number of hydrogen-bond acceptors (Lipinski definition) is 2. The van der Waals surface area contributed by atoms with Gasteiger partial charge in [0.1, 0.15) is 0 Å². The average Bonchev–Trinajstić information content (AvgIpc) is 2.61. The van der Waals surface area contributed by atoms with Crippen LogP contribution in [0.4, 0.5) is 23.7 Å². The van der Waals surface area contributed by atoms with Gasteiger partial charge in [-0.15, -0.1) is 0 Å². The number of anilines is 1. The summed E-state index contributed by atoms with van der Waals surface area (Å²) in [4.78, 5) is 24.7. The Morgan fingerprint density at radius 1 is 1.11 bits per heavy atom. The monoisotopic (exact) mass is 409 g/mol. The number of para-hydroxylation sites is 1. The van der Waals surface area contributed by atoms with Crippen LogP contribution in [0.5, 0.6) is 0 Å². The van der Waals surface area contributed by atoms with Crippen molar-refractivity contribution in [1.82, 2.24) is 10.6 Å². The molecule has 2 aromatic carbocycles. The minimum atomic E-state index is -4.62. The van der Waals surface area contributed by atoms with Gasteiger partial charge >= 0.3 is 12.2 Å². The first-order valence-corrected chi connectivity index (χ1v) is 8.56. The number of rotatable bonds is 3. The highest BCUT2D eigenvalue weighted by atomic mass is 35.5. The molecule has 3 amide bonds. The van der Waals surface area contributed by atoms with Gasteiger partial charge in [0, 0.05) is 10.7 Å². The number of carbonyl (C=O) groups is 2. The van der Waals surface area contributed by atoms with Crippen molar-refractivity contribution < 1.29 is 22.8 Å². The van der Waals surface area contributed by atoms with Crippen molar-refractivity contribution in [3.8, 4) is 0 Å². The fraction of sp³-hybridized carbons (Fsp3) is 0.158. The van der Waals surface area contributed by atoms with E-state index in [9.17, 15) is 22.8 Å². The van der Waals surface area contributed by atoms with Crippen molar-refractivity contribution in [3.05, 3.63) is 76.0 Å². The molecule has 0 aromatic heterocycles. The predicted molar refractivity (Wildman–Crippen MR) is 98.6 cm³/mol. The number of allylic oxidation sites excluding steroid dienone is 1. The summed E-state index contributed by atoms with van der Waals surface area (Å²) in [5.41, 5.74) is -0.429. The van der Waals surface area contributed by atoms with Crippen LogP contribution in [-0.4, -0.2) is 11.9 Å². The molecule has 0 saturated carbocycles. The number of hydrogen-bond donors (Lipinski definition) is 3. The molecule has 1 aliphatic rings. The Hall–Kier alpha value is -3.00. The van der Waals surface area contributed by atoms with Crippen LogP contribution in [0.25, 0.3) is 0 Å². The number of urea groups is 1. The Kier molecular flexibility index (Phi) is 5.33. The summed E-state index contributed by atoms with van der Waals surface area (Å²) in [5.74, 6) is -0.762. The van der Waals surface area contributed by atoms with E-state index in [0.717, 1.165) is 6.07 Å². The van der Waals surface area contributed by atoms with Crippen molar-refractivity contribution in [2.75, 3.05) is 5.32 Å². The lowest BCUT2D eigenvalue weighted by molar-refractivity contribution is -0.137. The molecule has 0 unspecified atom stereocenters. The minimum Gasteiger partial charge on any atom is -0.327 e. The van der Waals surface area contributed by atoms with E-state index >= 15 is 0 Å². The first-order valence-electron chi connectivity index (χ1n) is 8.18. The molecule has 1 heterocycles. The zero-order valence-electron chi connectivity index (χ0n) is 14.5. The fourth-order valence-electron chi connectivity index (χ4n) is 2.93. The second-order valence-corrected chi connectivity index (χ2v) is 6.56. The lowest BCUT2D eigenvalue weighted by atomic mass is 9.94. The highest BCUT2D eigenvalue weighted by molar-refractivity contribution is 6.30. The molecule has 3 N–H and O–H groups in total. The Labute approximate surface area is 163 Å². The standard InChI is InChI=1S/C19H15ClF3N3O2/c1-10-15(16(26-18(28)24-10)11-6-8-12(20)9-7-11)17(27)25-14-5-3-2-4-13(14)19(21,22)23/h2-9,16H,1H3,(H,25,27)(H2,24,26,28)/t16-/m1/s1. The zero-order chi connectivity index (χ0) is 20.5. The third-order valence-corrected chi connectivity index (χ3v) is 4.45. The molecule has 0 aliphatic carbocycles. The van der Waals surface area contributed by atoms with E-state index in [1.54, 1.807) is 24.3 Å². The number of halogens is 4. The minimum absolute atomic E-state index is 0.0962. The maximum Gasteiger partial charge on any atom is 0.418 e. The largest absolute Gasteiger partial charge is 0.418 e. The maximum atomic E-state index is 13.2. The van der Waals surface area contributed by atoms with Gasteiger partial charge in [0.05, 0.1) is 22.9 Å². The first kappa shape index (κ1) is 19.8. The van der Waals surface area contributed by atoms with E-state index in [0.29, 0.717) is 10.6 Å². The SMILES string of the molecule is CC1=C(C(=O)Nc2ccccc2C(F)(F)F)[C@@H](c2ccc(Cl)cc2)NC(=O)N1. The van der Waals surface area contributed by atoms with Crippen molar-refractivity contribution in [1.29, 1.82) is 0 Å². The van der Waals surface area contributed by atoms with Crippen LogP contribution in [0.2, 0.25) is 5.02 Å². The number of nitrogens with one attached hydrogen (secondary N) is 3. The van der Waals surface area contributed by atoms with E-state index in [1.807, 2.05) is 0 Å². The molecule has 146 valence electrons. The summed E-state index contributed by atoms with van der Waals surface area (Å²) in [6.45, 7) is 1.51. The van der Waals surface area contributed by atoms with Gasteiger partial charge in [-0.05, 0) is 36.8 Å². The molecule has 5 nitrogen and oxygen atoms in total. The van der Waals surface area contributed by atoms with Crippen molar-refractivity contribution in [2.24, 2.45) is 0 Å². The van der Waals surface area contributed by atoms with Crippen LogP contribution in [0.15, 0.2) is 59.8 Å². The van der Waals surface area contributed by atoms with Crippen LogP contribution in [0, 0.1) is 0 Å². The van der Waals surface area contributed by atoms with E-state index in [1.165, 1.54) is 25.1 Å². The molecular weight excluding hydrogens is 395 g/mol. The molecule has 2 aromatic rings. The Bertz CT molecular complexity index is 956. The van der Waals surface area contributed by atoms with Gasteiger partial charge in [-0.3, -0.25) is 4.79 Å². The van der Waals surface area contributed by atoms with Gasteiger partial charge in [-0.2, -0.15) is 13.2 Å². The Morgan fingerprint density at radius 2 is 1.75 bits per heavy atom. The molecule has 28 heavy (non-hydrogen) atoms. The molecular formula is C19H15ClF3N3O2. The summed E-state index contributed by atoms with van der Waals surface area (Å²) in [6, 6.07) is 9.76. The number of alkyl halides is 3. The fourth-order valence-corrected chi connectivity index (χ4v) is 3.06. The van der Waals surface area contributed by atoms with Crippen LogP contribution >= 0.6 is 11.6 Å². The molecule has 9 heteroatoms. The lowest BCUT2D eigenvalue weighted by Crippen LogP contribution is -2.46. The number of carbonyl (C=O) groups excluding carboxylic acids is 2. The molecule has 3 rings (SSSR count). The smallest absolute Gasteiger partial charge is 0.327 e. The topological polar surface area (TPSA) is 70.2 Å². The molecule has 0 spiro atoms. The molecule has 0 fully saturated rings. The summed E-state index contributed by atoms with van der Waals surface area (Å²) in [7, 11) is 0. The molecule has 0 radical (unpaired) electrons. The second kappa shape index (κ2) is 7.55. The van der Waals surface area contributed by atoms with Gasteiger partial charge in [0.25, 0.3) is 5.91 Å². The van der Waals surface area contributed by atoms with E-state index in [-0.39, 0.29) is 17.0 Å². The second-order valence-electron chi connectivity index (χ2n) is 6.12. The average molecular weight is 410 g/mol. The van der Waals surface area contributed by atoms with Crippen molar-refractivity contribution in [3.63, 3.8) is 0 Å². The number of benzene rings is 2. The highest BCUT2D eigenvalue weighted by Gasteiger charge is 2.35. The third-order valence-electron chi connectivity index (χ3n) is 4.20. The van der Waals surface area contributed by atoms with Crippen LogP contribution in [-0.2, 0) is 11.0 Å². The van der Waals surface area contributed by atoms with Gasteiger partial charge in [0.15, 0.2) is 0 Å². The zero-order valence-corrected chi connectivity index (χ0v) is 15.3. The summed E-state index contributed by atoms with van der Waals surface area (Å²) in [5, 5.41) is 7.86. The predicted octanol–water partition coefficient (Wildman–Crippen LogP) is 4.63. The van der Waals surface area contributed by atoms with Crippen LogP contribution in [0.3, 0.4) is 0 Å². The first-order chi connectivity index (χ1) is 13.2. The van der Waals surface area contributed by atoms with Gasteiger partial charge in [0.2, 0.25) is 0 Å². The van der Waals surface area contributed by atoms with Gasteiger partial charge < -0.3 is 16.0 Å². The third kappa shape index (κ3) is 4.12. The summed E-state index contributed by atoms with van der Waals surface area (Å²) < 4.78 is 39.6. The highest BCUT2D eigenvalue weighted by Crippen LogP contribution is 2.35. The van der Waals surface area contributed by atoms with Gasteiger partial charge in [-0.1, -0.05) is 35.9 Å². The van der Waals surface area contributed by atoms with E-state index < -0.39 is 29.7 Å². The lowest BCUT2D eigenvalue weighted by Gasteiger charge is -2.29. The summed E-state index contributed by atoms with van der Waals surface area (Å²) in [6.07, 6.45) is -4.62. The quantitative estimate of drug-likeness (QED) is 0.692.